The zero-order valence-electron chi connectivity index (χ0n) is 10.2. The van der Waals surface area contributed by atoms with E-state index in [2.05, 4.69) is 30.9 Å². The lowest BCUT2D eigenvalue weighted by Crippen LogP contribution is -2.46. The highest BCUT2D eigenvalue weighted by Crippen LogP contribution is 2.32. The van der Waals surface area contributed by atoms with Gasteiger partial charge in [0.05, 0.1) is 0 Å². The normalized spacial score (nSPS) is 33.4. The first-order valence-corrected chi connectivity index (χ1v) is 7.40. The van der Waals surface area contributed by atoms with Crippen molar-refractivity contribution in [2.24, 2.45) is 5.92 Å². The molecule has 94 valence electrons. The standard InChI is InChI=1S/C12H23IN2O/c1-16-9-4-11-2-3-12(10-11)14-5-7-15(13)8-6-14/h11-12H,2-10H2,1H3. The number of methoxy groups -OCH3 is 1. The Morgan fingerprint density at radius 2 is 1.94 bits per heavy atom. The van der Waals surface area contributed by atoms with E-state index >= 15 is 0 Å². The molecule has 1 aliphatic carbocycles. The Bertz CT molecular complexity index is 207. The van der Waals surface area contributed by atoms with Crippen molar-refractivity contribution in [3.8, 4) is 0 Å². The molecular formula is C12H23IN2O. The highest BCUT2D eigenvalue weighted by molar-refractivity contribution is 14.1. The average molecular weight is 338 g/mol. The molecular weight excluding hydrogens is 315 g/mol. The van der Waals surface area contributed by atoms with Gasteiger partial charge in [-0.1, -0.05) is 0 Å². The summed E-state index contributed by atoms with van der Waals surface area (Å²) in [7, 11) is 1.81. The fraction of sp³-hybridized carbons (Fsp3) is 1.00. The van der Waals surface area contributed by atoms with Crippen LogP contribution in [0.2, 0.25) is 0 Å². The fourth-order valence-corrected chi connectivity index (χ4v) is 3.42. The molecule has 16 heavy (non-hydrogen) atoms. The Hall–Kier alpha value is 0.610. The summed E-state index contributed by atoms with van der Waals surface area (Å²) in [6, 6.07) is 0.868. The second-order valence-electron chi connectivity index (χ2n) is 5.06. The Balaban J connectivity index is 1.71. The van der Waals surface area contributed by atoms with Gasteiger partial charge in [0.1, 0.15) is 0 Å². The molecule has 1 heterocycles. The van der Waals surface area contributed by atoms with E-state index < -0.39 is 0 Å². The first-order chi connectivity index (χ1) is 7.79. The molecule has 0 bridgehead atoms. The molecule has 0 aromatic heterocycles. The second-order valence-corrected chi connectivity index (χ2v) is 6.42. The van der Waals surface area contributed by atoms with Crippen molar-refractivity contribution < 1.29 is 4.74 Å². The number of rotatable bonds is 4. The molecule has 0 aromatic carbocycles. The summed E-state index contributed by atoms with van der Waals surface area (Å²) in [6.45, 7) is 5.95. The van der Waals surface area contributed by atoms with E-state index in [9.17, 15) is 0 Å². The summed E-state index contributed by atoms with van der Waals surface area (Å²) in [6.07, 6.45) is 5.50. The molecule has 1 aliphatic heterocycles. The Labute approximate surface area is 113 Å². The predicted molar refractivity (Wildman–Crippen MR) is 74.8 cm³/mol. The number of hydrogen-bond acceptors (Lipinski definition) is 3. The van der Waals surface area contributed by atoms with Gasteiger partial charge >= 0.3 is 0 Å². The van der Waals surface area contributed by atoms with Crippen molar-refractivity contribution in [3.05, 3.63) is 0 Å². The third kappa shape index (κ3) is 3.55. The summed E-state index contributed by atoms with van der Waals surface area (Å²) in [5.41, 5.74) is 0. The van der Waals surface area contributed by atoms with Gasteiger partial charge in [-0.05, 0) is 31.6 Å². The van der Waals surface area contributed by atoms with Crippen LogP contribution in [0.25, 0.3) is 0 Å². The zero-order chi connectivity index (χ0) is 11.4. The molecule has 0 aromatic rings. The largest absolute Gasteiger partial charge is 0.385 e. The van der Waals surface area contributed by atoms with Crippen molar-refractivity contribution in [3.63, 3.8) is 0 Å². The van der Waals surface area contributed by atoms with Crippen molar-refractivity contribution in [1.82, 2.24) is 8.01 Å². The van der Waals surface area contributed by atoms with Crippen LogP contribution in [0, 0.1) is 5.92 Å². The molecule has 0 spiro atoms. The van der Waals surface area contributed by atoms with E-state index in [1.54, 1.807) is 0 Å². The number of hydrogen-bond donors (Lipinski definition) is 0. The van der Waals surface area contributed by atoms with Crippen molar-refractivity contribution in [2.75, 3.05) is 39.9 Å². The van der Waals surface area contributed by atoms with Crippen LogP contribution in [0.3, 0.4) is 0 Å². The summed E-state index contributed by atoms with van der Waals surface area (Å²) in [4.78, 5) is 2.71. The van der Waals surface area contributed by atoms with Gasteiger partial charge in [0.2, 0.25) is 0 Å². The molecule has 2 rings (SSSR count). The maximum atomic E-state index is 5.18. The van der Waals surface area contributed by atoms with Gasteiger partial charge in [-0.15, -0.1) is 0 Å². The third-order valence-electron chi connectivity index (χ3n) is 4.02. The van der Waals surface area contributed by atoms with E-state index in [1.807, 2.05) is 7.11 Å². The fourth-order valence-electron chi connectivity index (χ4n) is 2.99. The van der Waals surface area contributed by atoms with Gasteiger partial charge in [0.25, 0.3) is 0 Å². The summed E-state index contributed by atoms with van der Waals surface area (Å²) in [5.74, 6) is 0.919. The molecule has 2 fully saturated rings. The minimum Gasteiger partial charge on any atom is -0.385 e. The number of halogens is 1. The number of ether oxygens (including phenoxy) is 1. The van der Waals surface area contributed by atoms with E-state index in [0.717, 1.165) is 18.6 Å². The van der Waals surface area contributed by atoms with E-state index in [-0.39, 0.29) is 0 Å². The van der Waals surface area contributed by atoms with Crippen LogP contribution < -0.4 is 0 Å². The van der Waals surface area contributed by atoms with Crippen molar-refractivity contribution in [2.45, 2.75) is 31.7 Å². The first kappa shape index (κ1) is 13.1. The lowest BCUT2D eigenvalue weighted by atomic mass is 10.0. The lowest BCUT2D eigenvalue weighted by molar-refractivity contribution is 0.142. The molecule has 0 amide bonds. The predicted octanol–water partition coefficient (Wildman–Crippen LogP) is 2.16. The number of nitrogens with zero attached hydrogens (tertiary/aromatic N) is 2. The zero-order valence-corrected chi connectivity index (χ0v) is 12.4. The van der Waals surface area contributed by atoms with Gasteiger partial charge in [-0.3, -0.25) is 4.90 Å². The van der Waals surface area contributed by atoms with Crippen molar-refractivity contribution >= 4 is 22.9 Å². The van der Waals surface area contributed by atoms with E-state index in [1.165, 1.54) is 51.9 Å². The topological polar surface area (TPSA) is 15.7 Å². The SMILES string of the molecule is COCCC1CCC(N2CCN(I)CC2)C1. The van der Waals surface area contributed by atoms with Crippen LogP contribution in [-0.2, 0) is 4.74 Å². The monoisotopic (exact) mass is 338 g/mol. The number of piperazine rings is 1. The molecule has 0 radical (unpaired) electrons. The van der Waals surface area contributed by atoms with Crippen LogP contribution >= 0.6 is 22.9 Å². The molecule has 4 heteroatoms. The molecule has 0 N–H and O–H groups in total. The Morgan fingerprint density at radius 1 is 1.19 bits per heavy atom. The summed E-state index contributed by atoms with van der Waals surface area (Å²) < 4.78 is 7.59. The van der Waals surface area contributed by atoms with E-state index in [4.69, 9.17) is 4.74 Å². The van der Waals surface area contributed by atoms with Crippen LogP contribution in [-0.4, -0.2) is 54.0 Å². The quantitative estimate of drug-likeness (QED) is 0.577. The van der Waals surface area contributed by atoms with Crippen LogP contribution in [0.1, 0.15) is 25.7 Å². The van der Waals surface area contributed by atoms with Gasteiger partial charge in [-0.25, -0.2) is 3.11 Å². The van der Waals surface area contributed by atoms with Gasteiger partial charge < -0.3 is 4.74 Å². The highest BCUT2D eigenvalue weighted by atomic mass is 127. The Morgan fingerprint density at radius 3 is 2.62 bits per heavy atom. The molecule has 2 unspecified atom stereocenters. The summed E-state index contributed by atoms with van der Waals surface area (Å²) >= 11 is 2.44. The van der Waals surface area contributed by atoms with E-state index in [0.29, 0.717) is 0 Å². The highest BCUT2D eigenvalue weighted by Gasteiger charge is 2.30. The molecule has 1 saturated carbocycles. The van der Waals surface area contributed by atoms with Gasteiger partial charge in [0, 0.05) is 68.8 Å². The third-order valence-corrected chi connectivity index (χ3v) is 4.98. The maximum absolute atomic E-state index is 5.18. The molecule has 3 nitrogen and oxygen atoms in total. The van der Waals surface area contributed by atoms with Gasteiger partial charge in [0.15, 0.2) is 0 Å². The van der Waals surface area contributed by atoms with Gasteiger partial charge in [-0.2, -0.15) is 0 Å². The maximum Gasteiger partial charge on any atom is 0.0464 e. The van der Waals surface area contributed by atoms with Crippen molar-refractivity contribution in [1.29, 1.82) is 0 Å². The van der Waals surface area contributed by atoms with Crippen LogP contribution in [0.15, 0.2) is 0 Å². The minimum absolute atomic E-state index is 0.868. The minimum atomic E-state index is 0.868. The smallest absolute Gasteiger partial charge is 0.0464 e. The molecule has 1 saturated heterocycles. The lowest BCUT2D eigenvalue weighted by Gasteiger charge is -2.35. The summed E-state index contributed by atoms with van der Waals surface area (Å²) in [5, 5.41) is 0. The molecule has 2 aliphatic rings. The first-order valence-electron chi connectivity index (χ1n) is 6.43. The van der Waals surface area contributed by atoms with Crippen LogP contribution in [0.4, 0.5) is 0 Å². The second kappa shape index (κ2) is 6.52. The Kier molecular flexibility index (Phi) is 5.32. The van der Waals surface area contributed by atoms with Crippen LogP contribution in [0.5, 0.6) is 0 Å². The molecule has 2 atom stereocenters. The average Bonchev–Trinajstić information content (AvgIpc) is 2.76.